The summed E-state index contributed by atoms with van der Waals surface area (Å²) >= 11 is 0. The van der Waals surface area contributed by atoms with Crippen molar-refractivity contribution >= 4 is 5.97 Å². The Morgan fingerprint density at radius 2 is 2.19 bits per heavy atom. The van der Waals surface area contributed by atoms with E-state index < -0.39 is 12.6 Å². The van der Waals surface area contributed by atoms with Gasteiger partial charge < -0.3 is 9.84 Å². The normalized spacial score (nSPS) is 12.4. The Balaban J connectivity index is 2.19. The Morgan fingerprint density at radius 3 is 2.86 bits per heavy atom. The van der Waals surface area contributed by atoms with E-state index in [1.165, 1.54) is 16.8 Å². The van der Waals surface area contributed by atoms with Gasteiger partial charge in [0.05, 0.1) is 18.7 Å². The molecule has 0 aliphatic heterocycles. The Hall–Kier alpha value is -2.44. The molecule has 2 rings (SSSR count). The highest BCUT2D eigenvalue weighted by atomic mass is 19.3. The topological polar surface area (TPSA) is 64.3 Å². The van der Waals surface area contributed by atoms with Gasteiger partial charge in [0.1, 0.15) is 5.75 Å². The number of carboxylic acid groups (broad SMARTS) is 1. The predicted octanol–water partition coefficient (Wildman–Crippen LogP) is 3.19. The quantitative estimate of drug-likeness (QED) is 0.889. The van der Waals surface area contributed by atoms with E-state index in [9.17, 15) is 13.6 Å². The first-order valence-electron chi connectivity index (χ1n) is 6.27. The number of carbonyl (C=O) groups is 1. The Labute approximate surface area is 119 Å². The predicted molar refractivity (Wildman–Crippen MR) is 71.3 cm³/mol. The number of hydrogen-bond acceptors (Lipinski definition) is 3. The number of ether oxygens (including phenoxy) is 1. The average Bonchev–Trinajstić information content (AvgIpc) is 2.87. The van der Waals surface area contributed by atoms with Crippen LogP contribution < -0.4 is 4.74 Å². The van der Waals surface area contributed by atoms with E-state index in [0.29, 0.717) is 11.1 Å². The van der Waals surface area contributed by atoms with Gasteiger partial charge >= 0.3 is 12.6 Å². The monoisotopic (exact) mass is 296 g/mol. The lowest BCUT2D eigenvalue weighted by molar-refractivity contribution is -0.137. The first-order chi connectivity index (χ1) is 9.95. The van der Waals surface area contributed by atoms with Crippen molar-refractivity contribution in [2.45, 2.75) is 26.0 Å². The van der Waals surface area contributed by atoms with Crippen molar-refractivity contribution in [2.75, 3.05) is 0 Å². The third-order valence-electron chi connectivity index (χ3n) is 2.92. The molecule has 0 saturated carbocycles. The van der Waals surface area contributed by atoms with Crippen molar-refractivity contribution in [1.82, 2.24) is 9.78 Å². The summed E-state index contributed by atoms with van der Waals surface area (Å²) in [5, 5.41) is 12.9. The molecule has 1 aromatic heterocycles. The molecule has 0 aliphatic rings. The molecule has 1 atom stereocenters. The highest BCUT2D eigenvalue weighted by molar-refractivity contribution is 5.67. The molecule has 0 radical (unpaired) electrons. The van der Waals surface area contributed by atoms with E-state index in [1.54, 1.807) is 31.5 Å². The second-order valence-electron chi connectivity index (χ2n) is 4.56. The van der Waals surface area contributed by atoms with Crippen LogP contribution in [-0.4, -0.2) is 27.5 Å². The number of aliphatic carboxylic acids is 1. The zero-order chi connectivity index (χ0) is 15.4. The number of rotatable bonds is 6. The van der Waals surface area contributed by atoms with Gasteiger partial charge in [-0.2, -0.15) is 13.9 Å². The molecule has 1 N–H and O–H groups in total. The molecule has 0 fully saturated rings. The molecule has 0 amide bonds. The van der Waals surface area contributed by atoms with Crippen molar-refractivity contribution in [2.24, 2.45) is 0 Å². The molecule has 1 aromatic carbocycles. The zero-order valence-electron chi connectivity index (χ0n) is 11.2. The fourth-order valence-electron chi connectivity index (χ4n) is 1.93. The molecule has 5 nitrogen and oxygen atoms in total. The summed E-state index contributed by atoms with van der Waals surface area (Å²) in [6.07, 6.45) is 3.19. The first-order valence-corrected chi connectivity index (χ1v) is 6.27. The fraction of sp³-hybridized carbons (Fsp3) is 0.286. The summed E-state index contributed by atoms with van der Waals surface area (Å²) in [5.41, 5.74) is 1.37. The minimum absolute atomic E-state index is 0.0460. The van der Waals surface area contributed by atoms with Crippen molar-refractivity contribution < 1.29 is 23.4 Å². The summed E-state index contributed by atoms with van der Waals surface area (Å²) in [7, 11) is 0. The second kappa shape index (κ2) is 6.34. The number of nitrogens with zero attached hydrogens (tertiary/aromatic N) is 2. The summed E-state index contributed by atoms with van der Waals surface area (Å²) in [6.45, 7) is -1.14. The second-order valence-corrected chi connectivity index (χ2v) is 4.56. The fourth-order valence-corrected chi connectivity index (χ4v) is 1.93. The largest absolute Gasteiger partial charge is 0.481 e. The number of aromatic nitrogens is 2. The molecule has 21 heavy (non-hydrogen) atoms. The lowest BCUT2D eigenvalue weighted by Gasteiger charge is -2.08. The third-order valence-corrected chi connectivity index (χ3v) is 2.92. The van der Waals surface area contributed by atoms with Crippen LogP contribution in [-0.2, 0) is 4.79 Å². The smallest absolute Gasteiger partial charge is 0.387 e. The van der Waals surface area contributed by atoms with Crippen LogP contribution in [0.2, 0.25) is 0 Å². The van der Waals surface area contributed by atoms with Crippen LogP contribution in [0.15, 0.2) is 36.7 Å². The lowest BCUT2D eigenvalue weighted by atomic mass is 10.1. The molecular weight excluding hydrogens is 282 g/mol. The van der Waals surface area contributed by atoms with Crippen LogP contribution in [0, 0.1) is 0 Å². The van der Waals surface area contributed by atoms with Gasteiger partial charge in [0.2, 0.25) is 0 Å². The van der Waals surface area contributed by atoms with Crippen molar-refractivity contribution in [3.63, 3.8) is 0 Å². The molecule has 0 aliphatic carbocycles. The first kappa shape index (κ1) is 15.0. The SMILES string of the molecule is CC(CC(=O)O)n1cc(-c2cccc(OC(F)F)c2)cn1. The number of halogens is 2. The Bertz CT molecular complexity index is 628. The Morgan fingerprint density at radius 1 is 1.43 bits per heavy atom. The highest BCUT2D eigenvalue weighted by Gasteiger charge is 2.12. The molecule has 1 heterocycles. The van der Waals surface area contributed by atoms with Crippen LogP contribution in [0.1, 0.15) is 19.4 Å². The Kier molecular flexibility index (Phi) is 4.52. The molecule has 1 unspecified atom stereocenters. The third kappa shape index (κ3) is 4.01. The van der Waals surface area contributed by atoms with Gasteiger partial charge in [0.25, 0.3) is 0 Å². The minimum Gasteiger partial charge on any atom is -0.481 e. The van der Waals surface area contributed by atoms with Gasteiger partial charge in [0, 0.05) is 11.8 Å². The van der Waals surface area contributed by atoms with E-state index in [1.807, 2.05) is 0 Å². The van der Waals surface area contributed by atoms with E-state index in [-0.39, 0.29) is 18.2 Å². The summed E-state index contributed by atoms with van der Waals surface area (Å²) < 4.78 is 30.3. The van der Waals surface area contributed by atoms with Crippen LogP contribution in [0.3, 0.4) is 0 Å². The van der Waals surface area contributed by atoms with Gasteiger partial charge in [0.15, 0.2) is 0 Å². The molecule has 112 valence electrons. The van der Waals surface area contributed by atoms with Crippen molar-refractivity contribution in [1.29, 1.82) is 0 Å². The number of benzene rings is 1. The molecule has 0 spiro atoms. The highest BCUT2D eigenvalue weighted by Crippen LogP contribution is 2.25. The zero-order valence-corrected chi connectivity index (χ0v) is 11.2. The van der Waals surface area contributed by atoms with E-state index in [2.05, 4.69) is 9.84 Å². The van der Waals surface area contributed by atoms with Crippen LogP contribution in [0.25, 0.3) is 11.1 Å². The van der Waals surface area contributed by atoms with E-state index in [0.717, 1.165) is 0 Å². The van der Waals surface area contributed by atoms with Gasteiger partial charge in [-0.3, -0.25) is 9.48 Å². The summed E-state index contributed by atoms with van der Waals surface area (Å²) in [4.78, 5) is 10.7. The summed E-state index contributed by atoms with van der Waals surface area (Å²) in [6, 6.07) is 5.96. The van der Waals surface area contributed by atoms with Gasteiger partial charge in [-0.25, -0.2) is 0 Å². The summed E-state index contributed by atoms with van der Waals surface area (Å²) in [5.74, 6) is -0.847. The molecule has 0 bridgehead atoms. The number of carboxylic acids is 1. The van der Waals surface area contributed by atoms with Crippen molar-refractivity contribution in [3.8, 4) is 16.9 Å². The van der Waals surface area contributed by atoms with E-state index in [4.69, 9.17) is 5.11 Å². The molecule has 7 heteroatoms. The number of alkyl halides is 2. The van der Waals surface area contributed by atoms with Crippen LogP contribution >= 0.6 is 0 Å². The van der Waals surface area contributed by atoms with Crippen LogP contribution in [0.5, 0.6) is 5.75 Å². The average molecular weight is 296 g/mol. The molecular formula is C14H14F2N2O3. The van der Waals surface area contributed by atoms with Crippen molar-refractivity contribution in [3.05, 3.63) is 36.7 Å². The number of hydrogen-bond donors (Lipinski definition) is 1. The maximum atomic E-state index is 12.2. The van der Waals surface area contributed by atoms with E-state index >= 15 is 0 Å². The maximum absolute atomic E-state index is 12.2. The van der Waals surface area contributed by atoms with Gasteiger partial charge in [-0.05, 0) is 24.6 Å². The molecule has 2 aromatic rings. The molecule has 0 saturated heterocycles. The van der Waals surface area contributed by atoms with Gasteiger partial charge in [-0.1, -0.05) is 12.1 Å². The van der Waals surface area contributed by atoms with Gasteiger partial charge in [-0.15, -0.1) is 0 Å². The minimum atomic E-state index is -2.88. The lowest BCUT2D eigenvalue weighted by Crippen LogP contribution is -2.10. The maximum Gasteiger partial charge on any atom is 0.387 e. The standard InChI is InChI=1S/C14H14F2N2O3/c1-9(5-13(19)20)18-8-11(7-17-18)10-3-2-4-12(6-10)21-14(15)16/h2-4,6-9,14H,5H2,1H3,(H,19,20). The van der Waals surface area contributed by atoms with Crippen LogP contribution in [0.4, 0.5) is 8.78 Å².